The first-order valence-corrected chi connectivity index (χ1v) is 6.01. The maximum absolute atomic E-state index is 5.88. The number of aromatic nitrogens is 4. The Kier molecular flexibility index (Phi) is 3.21. The predicted molar refractivity (Wildman–Crippen MR) is 69.9 cm³/mol. The molecule has 0 aliphatic rings. The van der Waals surface area contributed by atoms with Gasteiger partial charge in [-0.3, -0.25) is 4.68 Å². The van der Waals surface area contributed by atoms with E-state index in [-0.39, 0.29) is 5.60 Å². The van der Waals surface area contributed by atoms with Crippen LogP contribution >= 0.6 is 0 Å². The number of anilines is 1. The summed E-state index contributed by atoms with van der Waals surface area (Å²) >= 11 is 0. The highest BCUT2D eigenvalue weighted by atomic mass is 16.5. The Morgan fingerprint density at radius 3 is 2.78 bits per heavy atom. The predicted octanol–water partition coefficient (Wildman–Crippen LogP) is 1.65. The molecule has 6 heteroatoms. The van der Waals surface area contributed by atoms with E-state index in [2.05, 4.69) is 22.0 Å². The first kappa shape index (κ1) is 12.8. The van der Waals surface area contributed by atoms with Gasteiger partial charge in [-0.1, -0.05) is 6.92 Å². The standard InChI is InChI=1S/C12H19N5O/c1-5-12(2,3)18-7-9-15-10(13)8-6-14-17(4)11(8)16-9/h6H,5,7H2,1-4H3,(H2,13,15,16). The molecule has 2 N–H and O–H groups in total. The zero-order valence-electron chi connectivity index (χ0n) is 11.3. The molecule has 0 aromatic carbocycles. The Morgan fingerprint density at radius 1 is 1.39 bits per heavy atom. The van der Waals surface area contributed by atoms with Crippen molar-refractivity contribution < 1.29 is 4.74 Å². The third kappa shape index (κ3) is 2.43. The second kappa shape index (κ2) is 4.53. The highest BCUT2D eigenvalue weighted by molar-refractivity contribution is 5.84. The summed E-state index contributed by atoms with van der Waals surface area (Å²) in [5.41, 5.74) is 6.43. The van der Waals surface area contributed by atoms with Crippen LogP contribution in [0, 0.1) is 0 Å². The quantitative estimate of drug-likeness (QED) is 0.891. The van der Waals surface area contributed by atoms with Gasteiger partial charge in [-0.05, 0) is 20.3 Å². The smallest absolute Gasteiger partial charge is 0.163 e. The van der Waals surface area contributed by atoms with E-state index in [1.165, 1.54) is 0 Å². The molecule has 18 heavy (non-hydrogen) atoms. The van der Waals surface area contributed by atoms with Crippen LogP contribution in [0.1, 0.15) is 33.0 Å². The molecule has 0 amide bonds. The summed E-state index contributed by atoms with van der Waals surface area (Å²) in [6.07, 6.45) is 2.60. The summed E-state index contributed by atoms with van der Waals surface area (Å²) in [4.78, 5) is 8.66. The molecule has 0 saturated heterocycles. The van der Waals surface area contributed by atoms with Gasteiger partial charge in [0, 0.05) is 7.05 Å². The van der Waals surface area contributed by atoms with Crippen LogP contribution in [0.5, 0.6) is 0 Å². The SMILES string of the molecule is CCC(C)(C)OCc1nc(N)c2cnn(C)c2n1. The van der Waals surface area contributed by atoms with Gasteiger partial charge in [0.05, 0.1) is 17.2 Å². The maximum atomic E-state index is 5.88. The van der Waals surface area contributed by atoms with Gasteiger partial charge >= 0.3 is 0 Å². The molecule has 2 heterocycles. The third-order valence-electron chi connectivity index (χ3n) is 3.11. The third-order valence-corrected chi connectivity index (χ3v) is 3.11. The number of ether oxygens (including phenoxy) is 1. The number of nitrogen functional groups attached to an aromatic ring is 1. The van der Waals surface area contributed by atoms with Crippen molar-refractivity contribution in [3.8, 4) is 0 Å². The first-order valence-electron chi connectivity index (χ1n) is 6.01. The number of nitrogens with zero attached hydrogens (tertiary/aromatic N) is 4. The average Bonchev–Trinajstić information content (AvgIpc) is 2.70. The molecule has 0 atom stereocenters. The number of nitrogens with two attached hydrogens (primary N) is 1. The van der Waals surface area contributed by atoms with Gasteiger partial charge in [0.2, 0.25) is 0 Å². The van der Waals surface area contributed by atoms with Crippen LogP contribution in [0.15, 0.2) is 6.20 Å². The minimum Gasteiger partial charge on any atom is -0.383 e. The summed E-state index contributed by atoms with van der Waals surface area (Å²) in [6.45, 7) is 6.52. The Balaban J connectivity index is 2.27. The summed E-state index contributed by atoms with van der Waals surface area (Å²) in [5, 5.41) is 4.89. The molecule has 0 spiro atoms. The summed E-state index contributed by atoms with van der Waals surface area (Å²) in [7, 11) is 1.83. The zero-order valence-corrected chi connectivity index (χ0v) is 11.3. The molecule has 0 aliphatic carbocycles. The number of hydrogen-bond acceptors (Lipinski definition) is 5. The van der Waals surface area contributed by atoms with Gasteiger partial charge < -0.3 is 10.5 Å². The minimum absolute atomic E-state index is 0.181. The van der Waals surface area contributed by atoms with E-state index in [0.29, 0.717) is 18.2 Å². The molecule has 2 rings (SSSR count). The Bertz CT molecular complexity index is 561. The molecule has 0 aliphatic heterocycles. The molecular weight excluding hydrogens is 230 g/mol. The van der Waals surface area contributed by atoms with Gasteiger partial charge in [-0.2, -0.15) is 5.10 Å². The molecule has 0 fully saturated rings. The highest BCUT2D eigenvalue weighted by Gasteiger charge is 2.17. The fourth-order valence-corrected chi connectivity index (χ4v) is 1.52. The van der Waals surface area contributed by atoms with Crippen molar-refractivity contribution in [1.82, 2.24) is 19.7 Å². The molecule has 2 aromatic heterocycles. The second-order valence-electron chi connectivity index (χ2n) is 4.93. The molecular formula is C12H19N5O. The first-order chi connectivity index (χ1) is 8.43. The largest absolute Gasteiger partial charge is 0.383 e. The summed E-state index contributed by atoms with van der Waals surface area (Å²) < 4.78 is 7.46. The van der Waals surface area contributed by atoms with Crippen LogP contribution in [0.3, 0.4) is 0 Å². The second-order valence-corrected chi connectivity index (χ2v) is 4.93. The lowest BCUT2D eigenvalue weighted by Gasteiger charge is -2.22. The monoisotopic (exact) mass is 249 g/mol. The van der Waals surface area contributed by atoms with E-state index >= 15 is 0 Å². The van der Waals surface area contributed by atoms with E-state index < -0.39 is 0 Å². The van der Waals surface area contributed by atoms with Gasteiger partial charge in [0.1, 0.15) is 12.4 Å². The number of rotatable bonds is 4. The van der Waals surface area contributed by atoms with E-state index in [0.717, 1.165) is 17.5 Å². The average molecular weight is 249 g/mol. The van der Waals surface area contributed by atoms with Crippen LogP contribution in [0.2, 0.25) is 0 Å². The summed E-state index contributed by atoms with van der Waals surface area (Å²) in [5.74, 6) is 1.03. The van der Waals surface area contributed by atoms with E-state index in [4.69, 9.17) is 10.5 Å². The maximum Gasteiger partial charge on any atom is 0.163 e. The van der Waals surface area contributed by atoms with E-state index in [1.54, 1.807) is 10.9 Å². The molecule has 2 aromatic rings. The van der Waals surface area contributed by atoms with Crippen molar-refractivity contribution >= 4 is 16.9 Å². The van der Waals surface area contributed by atoms with Crippen molar-refractivity contribution in [2.75, 3.05) is 5.73 Å². The van der Waals surface area contributed by atoms with Crippen molar-refractivity contribution in [3.05, 3.63) is 12.0 Å². The Hall–Kier alpha value is -1.69. The molecule has 6 nitrogen and oxygen atoms in total. The fourth-order valence-electron chi connectivity index (χ4n) is 1.52. The van der Waals surface area contributed by atoms with Gasteiger partial charge in [0.15, 0.2) is 11.5 Å². The van der Waals surface area contributed by atoms with Crippen molar-refractivity contribution in [3.63, 3.8) is 0 Å². The lowest BCUT2D eigenvalue weighted by molar-refractivity contribution is -0.0344. The van der Waals surface area contributed by atoms with Gasteiger partial charge in [-0.25, -0.2) is 9.97 Å². The van der Waals surface area contributed by atoms with Crippen LogP contribution < -0.4 is 5.73 Å². The molecule has 0 bridgehead atoms. The van der Waals surface area contributed by atoms with Crippen LogP contribution in [-0.2, 0) is 18.4 Å². The lowest BCUT2D eigenvalue weighted by atomic mass is 10.1. The van der Waals surface area contributed by atoms with Crippen molar-refractivity contribution in [1.29, 1.82) is 0 Å². The molecule has 0 radical (unpaired) electrons. The van der Waals surface area contributed by atoms with Crippen LogP contribution in [0.25, 0.3) is 11.0 Å². The van der Waals surface area contributed by atoms with Gasteiger partial charge in [-0.15, -0.1) is 0 Å². The lowest BCUT2D eigenvalue weighted by Crippen LogP contribution is -2.23. The summed E-state index contributed by atoms with van der Waals surface area (Å²) in [6, 6.07) is 0. The minimum atomic E-state index is -0.181. The highest BCUT2D eigenvalue weighted by Crippen LogP contribution is 2.19. The van der Waals surface area contributed by atoms with Crippen molar-refractivity contribution in [2.24, 2.45) is 7.05 Å². The van der Waals surface area contributed by atoms with Crippen LogP contribution in [-0.4, -0.2) is 25.3 Å². The molecule has 98 valence electrons. The van der Waals surface area contributed by atoms with Crippen molar-refractivity contribution in [2.45, 2.75) is 39.4 Å². The Labute approximate surface area is 106 Å². The Morgan fingerprint density at radius 2 is 2.11 bits per heavy atom. The number of hydrogen-bond donors (Lipinski definition) is 1. The van der Waals surface area contributed by atoms with Gasteiger partial charge in [0.25, 0.3) is 0 Å². The van der Waals surface area contributed by atoms with E-state index in [1.807, 2.05) is 20.9 Å². The normalized spacial score (nSPS) is 12.2. The number of aryl methyl sites for hydroxylation is 1. The molecule has 0 saturated carbocycles. The van der Waals surface area contributed by atoms with E-state index in [9.17, 15) is 0 Å². The number of fused-ring (bicyclic) bond motifs is 1. The zero-order chi connectivity index (χ0) is 13.3. The van der Waals surface area contributed by atoms with Crippen LogP contribution in [0.4, 0.5) is 5.82 Å². The topological polar surface area (TPSA) is 78.9 Å². The molecule has 0 unspecified atom stereocenters. The fraction of sp³-hybridized carbons (Fsp3) is 0.583.